The van der Waals surface area contributed by atoms with Crippen molar-refractivity contribution in [2.75, 3.05) is 0 Å². The summed E-state index contributed by atoms with van der Waals surface area (Å²) in [6.07, 6.45) is 0. The lowest BCUT2D eigenvalue weighted by Crippen LogP contribution is -1.92. The Kier molecular flexibility index (Phi) is 2.64. The molecule has 0 saturated carbocycles. The molecule has 2 aromatic heterocycles. The maximum absolute atomic E-state index is 6.31. The first kappa shape index (κ1) is 13.7. The molecule has 2 heteroatoms. The van der Waals surface area contributed by atoms with Crippen LogP contribution in [0.1, 0.15) is 0 Å². The number of fused-ring (bicyclic) bond motifs is 7. The zero-order valence-electron chi connectivity index (χ0n) is 14.0. The van der Waals surface area contributed by atoms with Crippen LogP contribution in [0.5, 0.6) is 0 Å². The van der Waals surface area contributed by atoms with Gasteiger partial charge in [-0.05, 0) is 36.4 Å². The molecule has 0 amide bonds. The summed E-state index contributed by atoms with van der Waals surface area (Å²) in [7, 11) is 0. The minimum absolute atomic E-state index is 0.937. The van der Waals surface area contributed by atoms with Gasteiger partial charge in [0.1, 0.15) is 11.2 Å². The van der Waals surface area contributed by atoms with E-state index in [4.69, 9.17) is 4.42 Å². The van der Waals surface area contributed by atoms with E-state index in [1.807, 2.05) is 12.1 Å². The predicted molar refractivity (Wildman–Crippen MR) is 108 cm³/mol. The van der Waals surface area contributed by atoms with Crippen LogP contribution >= 0.6 is 0 Å². The van der Waals surface area contributed by atoms with Gasteiger partial charge in [-0.1, -0.05) is 54.6 Å². The number of benzene rings is 4. The summed E-state index contributed by atoms with van der Waals surface area (Å²) in [5.41, 5.74) is 5.43. The van der Waals surface area contributed by atoms with Gasteiger partial charge < -0.3 is 8.98 Å². The van der Waals surface area contributed by atoms with Crippen LogP contribution in [0.25, 0.3) is 49.4 Å². The summed E-state index contributed by atoms with van der Waals surface area (Å²) in [6, 6.07) is 31.7. The molecule has 2 nitrogen and oxygen atoms in total. The van der Waals surface area contributed by atoms with Crippen molar-refractivity contribution in [1.82, 2.24) is 4.57 Å². The number of rotatable bonds is 1. The molecule has 26 heavy (non-hydrogen) atoms. The highest BCUT2D eigenvalue weighted by Gasteiger charge is 2.17. The third-order valence-electron chi connectivity index (χ3n) is 5.19. The van der Waals surface area contributed by atoms with Gasteiger partial charge in [0.15, 0.2) is 0 Å². The summed E-state index contributed by atoms with van der Waals surface area (Å²) in [6.45, 7) is 0. The molecule has 0 atom stereocenters. The van der Waals surface area contributed by atoms with E-state index in [0.29, 0.717) is 0 Å². The van der Waals surface area contributed by atoms with E-state index >= 15 is 0 Å². The zero-order valence-corrected chi connectivity index (χ0v) is 14.0. The molecule has 0 aliphatic heterocycles. The highest BCUT2D eigenvalue weighted by Crippen LogP contribution is 2.40. The van der Waals surface area contributed by atoms with Crippen molar-refractivity contribution in [2.45, 2.75) is 0 Å². The lowest BCUT2D eigenvalue weighted by atomic mass is 10.1. The Morgan fingerprint density at radius 1 is 0.538 bits per heavy atom. The Morgan fingerprint density at radius 2 is 1.27 bits per heavy atom. The average Bonchev–Trinajstić information content (AvgIpc) is 3.24. The van der Waals surface area contributed by atoms with E-state index in [2.05, 4.69) is 83.4 Å². The predicted octanol–water partition coefficient (Wildman–Crippen LogP) is 6.68. The Balaban J connectivity index is 1.89. The van der Waals surface area contributed by atoms with Crippen LogP contribution in [0.3, 0.4) is 0 Å². The van der Waals surface area contributed by atoms with E-state index in [9.17, 15) is 0 Å². The molecule has 0 saturated heterocycles. The summed E-state index contributed by atoms with van der Waals surface area (Å²) in [5, 5.41) is 4.74. The fraction of sp³-hybridized carbons (Fsp3) is 0. The van der Waals surface area contributed by atoms with Crippen LogP contribution in [-0.2, 0) is 0 Å². The molecule has 0 spiro atoms. The van der Waals surface area contributed by atoms with Gasteiger partial charge in [-0.15, -0.1) is 0 Å². The monoisotopic (exact) mass is 333 g/mol. The molecule has 0 unspecified atom stereocenters. The molecule has 6 aromatic rings. The Bertz CT molecular complexity index is 1420. The number of furan rings is 1. The fourth-order valence-electron chi connectivity index (χ4n) is 4.09. The van der Waals surface area contributed by atoms with E-state index in [0.717, 1.165) is 16.9 Å². The smallest absolute Gasteiger partial charge is 0.145 e. The van der Waals surface area contributed by atoms with E-state index in [1.54, 1.807) is 0 Å². The van der Waals surface area contributed by atoms with Crippen LogP contribution in [0.15, 0.2) is 95.4 Å². The Hall–Kier alpha value is -3.52. The molecule has 0 radical (unpaired) electrons. The van der Waals surface area contributed by atoms with Gasteiger partial charge in [0.25, 0.3) is 0 Å². The van der Waals surface area contributed by atoms with Crippen LogP contribution in [0.4, 0.5) is 0 Å². The average molecular weight is 333 g/mol. The van der Waals surface area contributed by atoms with Crippen LogP contribution in [-0.4, -0.2) is 4.57 Å². The number of hydrogen-bond acceptors (Lipinski definition) is 1. The summed E-state index contributed by atoms with van der Waals surface area (Å²) < 4.78 is 8.63. The fourth-order valence-corrected chi connectivity index (χ4v) is 4.09. The SMILES string of the molecule is c1ccc(-n2c3ccccc3c3c4oc5ccccc5c4ccc32)cc1. The van der Waals surface area contributed by atoms with Gasteiger partial charge in [0.2, 0.25) is 0 Å². The maximum atomic E-state index is 6.31. The molecular formula is C24H15NO. The Labute approximate surface area is 149 Å². The largest absolute Gasteiger partial charge is 0.455 e. The highest BCUT2D eigenvalue weighted by atomic mass is 16.3. The van der Waals surface area contributed by atoms with Crippen molar-refractivity contribution < 1.29 is 4.42 Å². The highest BCUT2D eigenvalue weighted by molar-refractivity contribution is 6.23. The second-order valence-corrected chi connectivity index (χ2v) is 6.62. The third kappa shape index (κ3) is 1.71. The first-order valence-corrected chi connectivity index (χ1v) is 8.81. The summed E-state index contributed by atoms with van der Waals surface area (Å²) in [4.78, 5) is 0. The second kappa shape index (κ2) is 4.99. The number of aromatic nitrogens is 1. The van der Waals surface area contributed by atoms with Crippen molar-refractivity contribution >= 4 is 43.7 Å². The van der Waals surface area contributed by atoms with Gasteiger partial charge in [-0.25, -0.2) is 0 Å². The molecule has 0 aliphatic rings. The lowest BCUT2D eigenvalue weighted by molar-refractivity contribution is 0.673. The van der Waals surface area contributed by atoms with Crippen molar-refractivity contribution in [3.05, 3.63) is 91.0 Å². The molecule has 4 aromatic carbocycles. The molecule has 6 rings (SSSR count). The maximum Gasteiger partial charge on any atom is 0.145 e. The standard InChI is InChI=1S/C24H15NO/c1-2-8-16(9-3-1)25-20-12-6-4-11-19(20)23-21(25)15-14-18-17-10-5-7-13-22(17)26-24(18)23/h1-15H. The van der Waals surface area contributed by atoms with Gasteiger partial charge in [0, 0.05) is 21.8 Å². The summed E-state index contributed by atoms with van der Waals surface area (Å²) in [5.74, 6) is 0. The minimum atomic E-state index is 0.937. The first-order chi connectivity index (χ1) is 12.9. The molecule has 0 fully saturated rings. The van der Waals surface area contributed by atoms with Gasteiger partial charge >= 0.3 is 0 Å². The minimum Gasteiger partial charge on any atom is -0.455 e. The third-order valence-corrected chi connectivity index (χ3v) is 5.19. The second-order valence-electron chi connectivity index (χ2n) is 6.62. The number of nitrogens with zero attached hydrogens (tertiary/aromatic N) is 1. The Morgan fingerprint density at radius 3 is 2.15 bits per heavy atom. The van der Waals surface area contributed by atoms with Gasteiger partial charge in [0.05, 0.1) is 16.4 Å². The van der Waals surface area contributed by atoms with Crippen molar-refractivity contribution in [2.24, 2.45) is 0 Å². The zero-order chi connectivity index (χ0) is 17.1. The van der Waals surface area contributed by atoms with E-state index in [-0.39, 0.29) is 0 Å². The molecule has 0 bridgehead atoms. The first-order valence-electron chi connectivity index (χ1n) is 8.81. The lowest BCUT2D eigenvalue weighted by Gasteiger charge is -2.07. The topological polar surface area (TPSA) is 18.1 Å². The van der Waals surface area contributed by atoms with E-state index < -0.39 is 0 Å². The van der Waals surface area contributed by atoms with Crippen LogP contribution < -0.4 is 0 Å². The molecule has 122 valence electrons. The molecule has 2 heterocycles. The van der Waals surface area contributed by atoms with Gasteiger partial charge in [-0.2, -0.15) is 0 Å². The normalized spacial score (nSPS) is 11.8. The van der Waals surface area contributed by atoms with Gasteiger partial charge in [-0.3, -0.25) is 0 Å². The van der Waals surface area contributed by atoms with E-state index in [1.165, 1.54) is 32.6 Å². The van der Waals surface area contributed by atoms with Crippen LogP contribution in [0.2, 0.25) is 0 Å². The van der Waals surface area contributed by atoms with Crippen molar-refractivity contribution in [3.63, 3.8) is 0 Å². The molecule has 0 aliphatic carbocycles. The van der Waals surface area contributed by atoms with Crippen LogP contribution in [0, 0.1) is 0 Å². The number of para-hydroxylation sites is 3. The van der Waals surface area contributed by atoms with Crippen molar-refractivity contribution in [1.29, 1.82) is 0 Å². The molecular weight excluding hydrogens is 318 g/mol. The molecule has 0 N–H and O–H groups in total. The number of hydrogen-bond donors (Lipinski definition) is 0. The quantitative estimate of drug-likeness (QED) is 0.328. The summed E-state index contributed by atoms with van der Waals surface area (Å²) >= 11 is 0. The van der Waals surface area contributed by atoms with Crippen molar-refractivity contribution in [3.8, 4) is 5.69 Å².